The van der Waals surface area contributed by atoms with Crippen LogP contribution in [0.15, 0.2) is 54.7 Å². The zero-order chi connectivity index (χ0) is 20.9. The molecule has 6 nitrogen and oxygen atoms in total. The third-order valence-electron chi connectivity index (χ3n) is 5.64. The highest BCUT2D eigenvalue weighted by Crippen LogP contribution is 2.28. The van der Waals surface area contributed by atoms with Crippen molar-refractivity contribution in [3.8, 4) is 0 Å². The average Bonchev–Trinajstić information content (AvgIpc) is 3.40. The lowest BCUT2D eigenvalue weighted by atomic mass is 9.94. The lowest BCUT2D eigenvalue weighted by Crippen LogP contribution is -2.34. The molecule has 1 aliphatic heterocycles. The number of aromatic nitrogens is 3. The number of aryl methyl sites for hydroxylation is 1. The standard InChI is InChI=1S/C23H26ClN5O/c1-17-4-2-3-5-21(17)19-10-12-28(15-19)13-11-25-23(30)22-16-29(27-26-22)14-18-6-8-20(24)9-7-18/h2-9,16,19H,10-15H2,1H3,(H,25,30)/t19-/m0/s1. The number of carbonyl (C=O) groups excluding carboxylic acids is 1. The van der Waals surface area contributed by atoms with E-state index in [-0.39, 0.29) is 5.91 Å². The minimum atomic E-state index is -0.188. The van der Waals surface area contributed by atoms with E-state index in [4.69, 9.17) is 11.6 Å². The van der Waals surface area contributed by atoms with Gasteiger partial charge in [-0.2, -0.15) is 0 Å². The van der Waals surface area contributed by atoms with Gasteiger partial charge in [-0.1, -0.05) is 53.2 Å². The second-order valence-electron chi connectivity index (χ2n) is 7.83. The molecule has 1 saturated heterocycles. The van der Waals surface area contributed by atoms with Gasteiger partial charge < -0.3 is 10.2 Å². The molecule has 0 saturated carbocycles. The first-order chi connectivity index (χ1) is 14.6. The van der Waals surface area contributed by atoms with E-state index < -0.39 is 0 Å². The van der Waals surface area contributed by atoms with Crippen LogP contribution >= 0.6 is 11.6 Å². The van der Waals surface area contributed by atoms with Crippen LogP contribution in [0.1, 0.15) is 39.5 Å². The molecule has 7 heteroatoms. The Labute approximate surface area is 181 Å². The topological polar surface area (TPSA) is 63.1 Å². The fraction of sp³-hybridized carbons (Fsp3) is 0.348. The summed E-state index contributed by atoms with van der Waals surface area (Å²) in [5.74, 6) is 0.390. The molecule has 1 fully saturated rings. The van der Waals surface area contributed by atoms with Crippen LogP contribution in [0.2, 0.25) is 5.02 Å². The van der Waals surface area contributed by atoms with E-state index in [0.717, 1.165) is 31.6 Å². The number of likely N-dealkylation sites (tertiary alicyclic amines) is 1. The average molecular weight is 424 g/mol. The maximum Gasteiger partial charge on any atom is 0.273 e. The van der Waals surface area contributed by atoms with Gasteiger partial charge in [0.25, 0.3) is 5.91 Å². The highest BCUT2D eigenvalue weighted by atomic mass is 35.5. The summed E-state index contributed by atoms with van der Waals surface area (Å²) in [6, 6.07) is 16.2. The number of benzene rings is 2. The van der Waals surface area contributed by atoms with Crippen LogP contribution in [0.3, 0.4) is 0 Å². The quantitative estimate of drug-likeness (QED) is 0.631. The maximum absolute atomic E-state index is 12.4. The lowest BCUT2D eigenvalue weighted by Gasteiger charge is -2.17. The van der Waals surface area contributed by atoms with Crippen molar-refractivity contribution < 1.29 is 4.79 Å². The van der Waals surface area contributed by atoms with Crippen LogP contribution in [0.25, 0.3) is 0 Å². The Morgan fingerprint density at radius 3 is 2.80 bits per heavy atom. The summed E-state index contributed by atoms with van der Waals surface area (Å²) in [6.07, 6.45) is 2.84. The molecule has 156 valence electrons. The number of nitrogens with zero attached hydrogens (tertiary/aromatic N) is 4. The van der Waals surface area contributed by atoms with E-state index in [9.17, 15) is 4.79 Å². The zero-order valence-corrected chi connectivity index (χ0v) is 17.8. The number of amides is 1. The largest absolute Gasteiger partial charge is 0.349 e. The van der Waals surface area contributed by atoms with E-state index >= 15 is 0 Å². The van der Waals surface area contributed by atoms with E-state index in [2.05, 4.69) is 51.7 Å². The highest BCUT2D eigenvalue weighted by Gasteiger charge is 2.24. The van der Waals surface area contributed by atoms with Crippen molar-refractivity contribution in [2.45, 2.75) is 25.8 Å². The molecule has 0 spiro atoms. The fourth-order valence-electron chi connectivity index (χ4n) is 4.01. The predicted octanol–water partition coefficient (Wildman–Crippen LogP) is 3.51. The summed E-state index contributed by atoms with van der Waals surface area (Å²) in [7, 11) is 0. The van der Waals surface area contributed by atoms with Gasteiger partial charge in [0, 0.05) is 24.7 Å². The Hall–Kier alpha value is -2.70. The van der Waals surface area contributed by atoms with Gasteiger partial charge in [0.05, 0.1) is 12.7 Å². The molecule has 0 bridgehead atoms. The number of halogens is 1. The van der Waals surface area contributed by atoms with Gasteiger partial charge >= 0.3 is 0 Å². The third-order valence-corrected chi connectivity index (χ3v) is 5.90. The van der Waals surface area contributed by atoms with Crippen LogP contribution in [0.4, 0.5) is 0 Å². The molecule has 2 heterocycles. The molecule has 0 radical (unpaired) electrons. The molecule has 1 N–H and O–H groups in total. The summed E-state index contributed by atoms with van der Waals surface area (Å²) in [5.41, 5.74) is 4.19. The van der Waals surface area contributed by atoms with Gasteiger partial charge in [-0.15, -0.1) is 5.10 Å². The first-order valence-electron chi connectivity index (χ1n) is 10.3. The minimum Gasteiger partial charge on any atom is -0.349 e. The van der Waals surface area contributed by atoms with Crippen molar-refractivity contribution in [3.05, 3.63) is 82.1 Å². The maximum atomic E-state index is 12.4. The van der Waals surface area contributed by atoms with Gasteiger partial charge in [0.1, 0.15) is 0 Å². The molecule has 1 atom stereocenters. The molecule has 4 rings (SSSR count). The van der Waals surface area contributed by atoms with E-state index in [1.807, 2.05) is 24.3 Å². The Bertz CT molecular complexity index is 1000. The number of hydrogen-bond acceptors (Lipinski definition) is 4. The molecule has 1 amide bonds. The van der Waals surface area contributed by atoms with Crippen LogP contribution in [-0.2, 0) is 6.54 Å². The SMILES string of the molecule is Cc1ccccc1[C@H]1CCN(CCNC(=O)c2cn(Cc3ccc(Cl)cc3)nn2)C1. The number of carbonyl (C=O) groups is 1. The van der Waals surface area contributed by atoms with Crippen molar-refractivity contribution in [1.29, 1.82) is 0 Å². The van der Waals surface area contributed by atoms with E-state index in [1.165, 1.54) is 11.1 Å². The highest BCUT2D eigenvalue weighted by molar-refractivity contribution is 6.30. The van der Waals surface area contributed by atoms with Gasteiger partial charge in [0.15, 0.2) is 5.69 Å². The third kappa shape index (κ3) is 5.07. The first kappa shape index (κ1) is 20.6. The van der Waals surface area contributed by atoms with Crippen molar-refractivity contribution >= 4 is 17.5 Å². The van der Waals surface area contributed by atoms with Crippen LogP contribution in [-0.4, -0.2) is 52.0 Å². The molecule has 3 aromatic rings. The van der Waals surface area contributed by atoms with Gasteiger partial charge in [-0.05, 0) is 54.6 Å². The zero-order valence-electron chi connectivity index (χ0n) is 17.1. The first-order valence-corrected chi connectivity index (χ1v) is 10.7. The number of nitrogens with one attached hydrogen (secondary N) is 1. The molecule has 1 aliphatic rings. The monoisotopic (exact) mass is 423 g/mol. The summed E-state index contributed by atoms with van der Waals surface area (Å²) >= 11 is 5.91. The van der Waals surface area contributed by atoms with Gasteiger partial charge in [-0.25, -0.2) is 4.68 Å². The van der Waals surface area contributed by atoms with E-state index in [1.54, 1.807) is 10.9 Å². The Morgan fingerprint density at radius 2 is 2.00 bits per heavy atom. The van der Waals surface area contributed by atoms with Gasteiger partial charge in [0.2, 0.25) is 0 Å². The fourth-order valence-corrected chi connectivity index (χ4v) is 4.14. The molecule has 1 aromatic heterocycles. The normalized spacial score (nSPS) is 16.7. The summed E-state index contributed by atoms with van der Waals surface area (Å²) in [5, 5.41) is 11.7. The Morgan fingerprint density at radius 1 is 1.20 bits per heavy atom. The molecule has 0 unspecified atom stereocenters. The molecular weight excluding hydrogens is 398 g/mol. The Balaban J connectivity index is 1.23. The van der Waals surface area contributed by atoms with Gasteiger partial charge in [-0.3, -0.25) is 4.79 Å². The molecule has 2 aromatic carbocycles. The van der Waals surface area contributed by atoms with Crippen molar-refractivity contribution in [2.75, 3.05) is 26.2 Å². The lowest BCUT2D eigenvalue weighted by molar-refractivity contribution is 0.0944. The summed E-state index contributed by atoms with van der Waals surface area (Å²) in [6.45, 7) is 6.27. The van der Waals surface area contributed by atoms with Crippen molar-refractivity contribution in [3.63, 3.8) is 0 Å². The van der Waals surface area contributed by atoms with Crippen molar-refractivity contribution in [1.82, 2.24) is 25.2 Å². The smallest absolute Gasteiger partial charge is 0.273 e. The predicted molar refractivity (Wildman–Crippen MR) is 118 cm³/mol. The molecular formula is C23H26ClN5O. The number of rotatable bonds is 7. The van der Waals surface area contributed by atoms with Crippen LogP contribution in [0, 0.1) is 6.92 Å². The van der Waals surface area contributed by atoms with Crippen LogP contribution < -0.4 is 5.32 Å². The van der Waals surface area contributed by atoms with Crippen LogP contribution in [0.5, 0.6) is 0 Å². The molecule has 0 aliphatic carbocycles. The summed E-state index contributed by atoms with van der Waals surface area (Å²) in [4.78, 5) is 14.8. The minimum absolute atomic E-state index is 0.188. The second kappa shape index (κ2) is 9.41. The van der Waals surface area contributed by atoms with E-state index in [0.29, 0.717) is 29.7 Å². The second-order valence-corrected chi connectivity index (χ2v) is 8.26. The number of hydrogen-bond donors (Lipinski definition) is 1. The molecule has 30 heavy (non-hydrogen) atoms. The Kier molecular flexibility index (Phi) is 6.45. The van der Waals surface area contributed by atoms with Crippen molar-refractivity contribution in [2.24, 2.45) is 0 Å². The summed E-state index contributed by atoms with van der Waals surface area (Å²) < 4.78 is 1.66.